The van der Waals surface area contributed by atoms with Gasteiger partial charge >= 0.3 is 0 Å². The molecule has 1 N–H and O–H groups in total. The average molecular weight is 478 g/mol. The lowest BCUT2D eigenvalue weighted by Crippen LogP contribution is -2.40. The molecule has 2 unspecified atom stereocenters. The van der Waals surface area contributed by atoms with Crippen molar-refractivity contribution in [3.8, 4) is 0 Å². The van der Waals surface area contributed by atoms with Crippen molar-refractivity contribution < 1.29 is 9.18 Å². The van der Waals surface area contributed by atoms with Crippen molar-refractivity contribution in [2.45, 2.75) is 44.0 Å². The lowest BCUT2D eigenvalue weighted by atomic mass is 9.99. The maximum Gasteiger partial charge on any atom is 0.246 e. The first-order valence-electron chi connectivity index (χ1n) is 11.1. The van der Waals surface area contributed by atoms with Gasteiger partial charge in [0.05, 0.1) is 11.6 Å². The van der Waals surface area contributed by atoms with Crippen LogP contribution in [0.4, 0.5) is 4.39 Å². The third-order valence-electron chi connectivity index (χ3n) is 6.40. The number of benzene rings is 1. The Morgan fingerprint density at radius 2 is 2.16 bits per heavy atom. The molecule has 1 aliphatic carbocycles. The molecule has 1 aromatic rings. The fourth-order valence-corrected chi connectivity index (χ4v) is 6.18. The summed E-state index contributed by atoms with van der Waals surface area (Å²) in [5.74, 6) is -0.254. The standard InChI is InChI=1S/C23H28FN5OS.ClH/c1-27(22(30)17-7-5-11-25-13-17)26-15-29-20(16-6-4-8-18(24)12-16)14-28-19-9-2-3-10-21(19)31-23(28)29;/h4,6,8,12,14-15,17,23,25H,2-3,5,7,9-11,13H2,1H3;1H. The summed E-state index contributed by atoms with van der Waals surface area (Å²) < 4.78 is 14.0. The summed E-state index contributed by atoms with van der Waals surface area (Å²) in [5, 5.41) is 9.27. The Morgan fingerprint density at radius 1 is 1.31 bits per heavy atom. The van der Waals surface area contributed by atoms with E-state index >= 15 is 0 Å². The number of carbonyl (C=O) groups is 1. The number of piperidine rings is 1. The largest absolute Gasteiger partial charge is 0.319 e. The molecule has 0 radical (unpaired) electrons. The number of hydrazone groups is 1. The lowest BCUT2D eigenvalue weighted by Gasteiger charge is -2.28. The fraction of sp³-hybridized carbons (Fsp3) is 0.478. The van der Waals surface area contributed by atoms with Crippen LogP contribution in [0.1, 0.15) is 44.1 Å². The number of hydrogen-bond donors (Lipinski definition) is 1. The van der Waals surface area contributed by atoms with Crippen molar-refractivity contribution in [3.63, 3.8) is 0 Å². The van der Waals surface area contributed by atoms with Crippen LogP contribution in [0.25, 0.3) is 5.70 Å². The molecule has 1 aromatic carbocycles. The zero-order valence-corrected chi connectivity index (χ0v) is 19.8. The molecular weight excluding hydrogens is 449 g/mol. The van der Waals surface area contributed by atoms with E-state index in [0.717, 1.165) is 43.5 Å². The van der Waals surface area contributed by atoms with Crippen molar-refractivity contribution in [2.24, 2.45) is 11.0 Å². The molecule has 3 aliphatic heterocycles. The van der Waals surface area contributed by atoms with Crippen molar-refractivity contribution >= 4 is 42.1 Å². The first-order chi connectivity index (χ1) is 15.1. The van der Waals surface area contributed by atoms with Gasteiger partial charge < -0.3 is 10.2 Å². The molecule has 5 rings (SSSR count). The zero-order valence-electron chi connectivity index (χ0n) is 18.2. The van der Waals surface area contributed by atoms with E-state index in [-0.39, 0.29) is 35.5 Å². The van der Waals surface area contributed by atoms with Crippen LogP contribution >= 0.6 is 24.2 Å². The Morgan fingerprint density at radius 3 is 2.94 bits per heavy atom. The van der Waals surface area contributed by atoms with E-state index in [4.69, 9.17) is 0 Å². The normalized spacial score (nSPS) is 24.9. The highest BCUT2D eigenvalue weighted by molar-refractivity contribution is 8.03. The van der Waals surface area contributed by atoms with Gasteiger partial charge in [0.1, 0.15) is 12.2 Å². The molecule has 0 saturated carbocycles. The third-order valence-corrected chi connectivity index (χ3v) is 7.79. The fourth-order valence-electron chi connectivity index (χ4n) is 4.74. The van der Waals surface area contributed by atoms with Gasteiger partial charge in [-0.2, -0.15) is 5.10 Å². The van der Waals surface area contributed by atoms with Gasteiger partial charge in [0, 0.05) is 36.0 Å². The molecule has 4 aliphatic rings. The molecule has 0 spiro atoms. The van der Waals surface area contributed by atoms with Crippen molar-refractivity contribution in [3.05, 3.63) is 52.4 Å². The number of hydrogen-bond acceptors (Lipinski definition) is 5. The van der Waals surface area contributed by atoms with E-state index in [1.54, 1.807) is 25.5 Å². The van der Waals surface area contributed by atoms with Crippen molar-refractivity contribution in [2.75, 3.05) is 20.1 Å². The third kappa shape index (κ3) is 4.40. The van der Waals surface area contributed by atoms with Crippen LogP contribution in [-0.4, -0.2) is 52.7 Å². The van der Waals surface area contributed by atoms with Crippen molar-refractivity contribution in [1.29, 1.82) is 0 Å². The van der Waals surface area contributed by atoms with Crippen LogP contribution in [0.5, 0.6) is 0 Å². The molecule has 0 bridgehead atoms. The number of carbonyl (C=O) groups excluding carboxylic acids is 1. The smallest absolute Gasteiger partial charge is 0.246 e. The van der Waals surface area contributed by atoms with Crippen LogP contribution in [0.3, 0.4) is 0 Å². The van der Waals surface area contributed by atoms with Crippen molar-refractivity contribution in [1.82, 2.24) is 20.1 Å². The summed E-state index contributed by atoms with van der Waals surface area (Å²) in [4.78, 5) is 18.6. The number of allylic oxidation sites excluding steroid dienone is 2. The topological polar surface area (TPSA) is 51.2 Å². The minimum absolute atomic E-state index is 0. The second-order valence-electron chi connectivity index (χ2n) is 8.50. The maximum atomic E-state index is 14.0. The minimum atomic E-state index is -0.260. The van der Waals surface area contributed by atoms with Gasteiger partial charge in [-0.3, -0.25) is 9.69 Å². The summed E-state index contributed by atoms with van der Waals surface area (Å²) in [7, 11) is 1.72. The van der Waals surface area contributed by atoms with E-state index in [2.05, 4.69) is 26.4 Å². The predicted octanol–water partition coefficient (Wildman–Crippen LogP) is 4.38. The average Bonchev–Trinajstić information content (AvgIpc) is 3.34. The second kappa shape index (κ2) is 9.85. The van der Waals surface area contributed by atoms with Crippen LogP contribution in [-0.2, 0) is 4.79 Å². The number of nitrogens with zero attached hydrogens (tertiary/aromatic N) is 4. The molecule has 172 valence electrons. The Balaban J connectivity index is 0.00000245. The molecule has 1 saturated heterocycles. The van der Waals surface area contributed by atoms with E-state index in [1.807, 2.05) is 17.8 Å². The lowest BCUT2D eigenvalue weighted by molar-refractivity contribution is -0.134. The quantitative estimate of drug-likeness (QED) is 0.396. The van der Waals surface area contributed by atoms with E-state index < -0.39 is 0 Å². The number of nitrogens with one attached hydrogen (secondary N) is 1. The van der Waals surface area contributed by atoms with Crippen LogP contribution < -0.4 is 5.32 Å². The summed E-state index contributed by atoms with van der Waals surface area (Å²) in [6, 6.07) is 6.66. The number of amides is 1. The predicted molar refractivity (Wildman–Crippen MR) is 129 cm³/mol. The second-order valence-corrected chi connectivity index (χ2v) is 9.65. The first-order valence-corrected chi connectivity index (χ1v) is 12.0. The number of halogens is 2. The maximum absolute atomic E-state index is 14.0. The molecule has 9 heteroatoms. The Hall–Kier alpha value is -2.03. The van der Waals surface area contributed by atoms with Gasteiger partial charge in [-0.25, -0.2) is 9.40 Å². The summed E-state index contributed by atoms with van der Waals surface area (Å²) in [6.45, 7) is 1.68. The summed E-state index contributed by atoms with van der Waals surface area (Å²) in [6.07, 6.45) is 10.4. The van der Waals surface area contributed by atoms with Crippen LogP contribution in [0, 0.1) is 11.7 Å². The number of rotatable bonds is 4. The summed E-state index contributed by atoms with van der Waals surface area (Å²) >= 11 is 1.84. The molecular formula is C23H29ClFN5OS. The Kier molecular flexibility index (Phi) is 7.12. The van der Waals surface area contributed by atoms with Gasteiger partial charge in [0.2, 0.25) is 5.91 Å². The van der Waals surface area contributed by atoms with E-state index in [9.17, 15) is 9.18 Å². The van der Waals surface area contributed by atoms with Crippen LogP contribution in [0.15, 0.2) is 46.2 Å². The van der Waals surface area contributed by atoms with Gasteiger partial charge in [-0.05, 0) is 57.2 Å². The van der Waals surface area contributed by atoms with Gasteiger partial charge in [-0.1, -0.05) is 23.9 Å². The van der Waals surface area contributed by atoms with Gasteiger partial charge in [0.25, 0.3) is 0 Å². The highest BCUT2D eigenvalue weighted by Crippen LogP contribution is 2.51. The monoisotopic (exact) mass is 477 g/mol. The first kappa shape index (κ1) is 23.1. The Bertz CT molecular complexity index is 961. The molecule has 0 aromatic heterocycles. The SMILES string of the molecule is CN(N=CN1C(c2cccc(F)c2)=CN2C3=C(CCCC3)SC12)C(=O)C1CCCNC1.Cl. The Labute approximate surface area is 199 Å². The zero-order chi connectivity index (χ0) is 21.4. The highest BCUT2D eigenvalue weighted by atomic mass is 35.5. The summed E-state index contributed by atoms with van der Waals surface area (Å²) in [5.41, 5.74) is 3.12. The van der Waals surface area contributed by atoms with E-state index in [1.165, 1.54) is 34.5 Å². The highest BCUT2D eigenvalue weighted by Gasteiger charge is 2.41. The molecule has 1 fully saturated rings. The molecule has 6 nitrogen and oxygen atoms in total. The van der Waals surface area contributed by atoms with E-state index in [0.29, 0.717) is 6.54 Å². The minimum Gasteiger partial charge on any atom is -0.319 e. The molecule has 2 atom stereocenters. The molecule has 32 heavy (non-hydrogen) atoms. The van der Waals surface area contributed by atoms with Gasteiger partial charge in [-0.15, -0.1) is 12.4 Å². The van der Waals surface area contributed by atoms with Crippen LogP contribution in [0.2, 0.25) is 0 Å². The molecule has 1 amide bonds. The number of fused-ring (bicyclic) bond motifs is 2. The van der Waals surface area contributed by atoms with Gasteiger partial charge in [0.15, 0.2) is 5.50 Å². The molecule has 3 heterocycles. The number of thioether (sulfide) groups is 1.